The Morgan fingerprint density at radius 3 is 2.88 bits per heavy atom. The zero-order valence-electron chi connectivity index (χ0n) is 15.8. The van der Waals surface area contributed by atoms with Crippen LogP contribution in [0.15, 0.2) is 23.2 Å². The van der Waals surface area contributed by atoms with Gasteiger partial charge in [-0.1, -0.05) is 31.5 Å². The quantitative estimate of drug-likeness (QED) is 0.410. The van der Waals surface area contributed by atoms with Crippen LogP contribution >= 0.6 is 11.6 Å². The zero-order valence-corrected chi connectivity index (χ0v) is 16.5. The van der Waals surface area contributed by atoms with E-state index in [9.17, 15) is 4.39 Å². The molecule has 5 nitrogen and oxygen atoms in total. The third-order valence-electron chi connectivity index (χ3n) is 4.44. The van der Waals surface area contributed by atoms with Gasteiger partial charge in [0.2, 0.25) is 0 Å². The maximum absolute atomic E-state index is 13.3. The molecule has 146 valence electrons. The predicted molar refractivity (Wildman–Crippen MR) is 104 cm³/mol. The number of halogens is 2. The van der Waals surface area contributed by atoms with Crippen molar-refractivity contribution in [2.24, 2.45) is 4.99 Å². The molecule has 0 bridgehead atoms. The van der Waals surface area contributed by atoms with Gasteiger partial charge in [-0.2, -0.15) is 0 Å². The van der Waals surface area contributed by atoms with Crippen LogP contribution in [0, 0.1) is 5.82 Å². The molecule has 7 heteroatoms. The summed E-state index contributed by atoms with van der Waals surface area (Å²) in [5.41, 5.74) is 0.629. The van der Waals surface area contributed by atoms with Gasteiger partial charge in [0.1, 0.15) is 5.82 Å². The number of aliphatic imine (C=N–C) groups is 1. The van der Waals surface area contributed by atoms with E-state index in [4.69, 9.17) is 21.1 Å². The van der Waals surface area contributed by atoms with Gasteiger partial charge < -0.3 is 20.1 Å². The van der Waals surface area contributed by atoms with Crippen LogP contribution in [0.5, 0.6) is 0 Å². The normalized spacial score (nSPS) is 18.2. The van der Waals surface area contributed by atoms with Crippen LogP contribution < -0.4 is 10.6 Å². The summed E-state index contributed by atoms with van der Waals surface area (Å²) < 4.78 is 24.3. The van der Waals surface area contributed by atoms with Gasteiger partial charge in [-0.15, -0.1) is 0 Å². The number of hydrogen-bond donors (Lipinski definition) is 2. The standard InChI is InChI=1S/C19H29ClFN3O2/c1-19(2,16-6-5-14(21)11-17(16)20)13-24-18(22-3)23-8-4-9-26-15-7-10-25-12-15/h5-6,11,15H,4,7-10,12-13H2,1-3H3,(H2,22,23,24). The third kappa shape index (κ3) is 6.41. The first kappa shape index (κ1) is 20.9. The number of nitrogens with one attached hydrogen (secondary N) is 2. The van der Waals surface area contributed by atoms with Crippen molar-refractivity contribution in [2.75, 3.05) is 40.0 Å². The van der Waals surface area contributed by atoms with Crippen molar-refractivity contribution in [3.63, 3.8) is 0 Å². The van der Waals surface area contributed by atoms with Gasteiger partial charge in [0.25, 0.3) is 0 Å². The summed E-state index contributed by atoms with van der Waals surface area (Å²) in [5, 5.41) is 7.02. The number of nitrogens with zero attached hydrogens (tertiary/aromatic N) is 1. The van der Waals surface area contributed by atoms with E-state index in [1.54, 1.807) is 13.1 Å². The van der Waals surface area contributed by atoms with Crippen LogP contribution in [0.3, 0.4) is 0 Å². The van der Waals surface area contributed by atoms with E-state index in [0.717, 1.165) is 37.5 Å². The number of hydrogen-bond acceptors (Lipinski definition) is 3. The van der Waals surface area contributed by atoms with Crippen LogP contribution in [-0.2, 0) is 14.9 Å². The van der Waals surface area contributed by atoms with E-state index in [1.807, 2.05) is 0 Å². The third-order valence-corrected chi connectivity index (χ3v) is 4.75. The molecule has 1 aliphatic heterocycles. The second kappa shape index (κ2) is 10.1. The maximum Gasteiger partial charge on any atom is 0.191 e. The zero-order chi connectivity index (χ0) is 19.0. The minimum absolute atomic E-state index is 0.244. The lowest BCUT2D eigenvalue weighted by Gasteiger charge is -2.27. The molecule has 0 spiro atoms. The Morgan fingerprint density at radius 2 is 2.23 bits per heavy atom. The SMILES string of the molecule is CN=C(NCCCOC1CCOC1)NCC(C)(C)c1ccc(F)cc1Cl. The lowest BCUT2D eigenvalue weighted by molar-refractivity contribution is 0.0420. The van der Waals surface area contributed by atoms with E-state index >= 15 is 0 Å². The average molecular weight is 386 g/mol. The predicted octanol–water partition coefficient (Wildman–Crippen LogP) is 3.12. The van der Waals surface area contributed by atoms with Crippen molar-refractivity contribution in [2.45, 2.75) is 38.2 Å². The molecule has 26 heavy (non-hydrogen) atoms. The molecule has 0 aliphatic carbocycles. The first-order valence-corrected chi connectivity index (χ1v) is 9.39. The number of benzene rings is 1. The summed E-state index contributed by atoms with van der Waals surface area (Å²) in [6, 6.07) is 4.52. The molecule has 1 fully saturated rings. The van der Waals surface area contributed by atoms with Crippen molar-refractivity contribution in [3.8, 4) is 0 Å². The Bertz CT molecular complexity index is 604. The lowest BCUT2D eigenvalue weighted by Crippen LogP contribution is -2.44. The lowest BCUT2D eigenvalue weighted by atomic mass is 9.84. The Labute approximate surface area is 160 Å². The molecule has 1 saturated heterocycles. The van der Waals surface area contributed by atoms with Crippen molar-refractivity contribution in [3.05, 3.63) is 34.6 Å². The smallest absolute Gasteiger partial charge is 0.191 e. The minimum atomic E-state index is -0.327. The summed E-state index contributed by atoms with van der Waals surface area (Å²) >= 11 is 6.20. The van der Waals surface area contributed by atoms with E-state index < -0.39 is 0 Å². The molecule has 1 atom stereocenters. The minimum Gasteiger partial charge on any atom is -0.379 e. The van der Waals surface area contributed by atoms with Gasteiger partial charge >= 0.3 is 0 Å². The molecule has 0 amide bonds. The van der Waals surface area contributed by atoms with E-state index in [1.165, 1.54) is 12.1 Å². The number of rotatable bonds is 8. The summed E-state index contributed by atoms with van der Waals surface area (Å²) in [6.45, 7) is 7.71. The van der Waals surface area contributed by atoms with Gasteiger partial charge in [-0.05, 0) is 30.5 Å². The number of ether oxygens (including phenoxy) is 2. The summed E-state index contributed by atoms with van der Waals surface area (Å²) in [6.07, 6.45) is 2.12. The van der Waals surface area contributed by atoms with Crippen LogP contribution in [0.2, 0.25) is 5.02 Å². The monoisotopic (exact) mass is 385 g/mol. The molecular formula is C19H29ClFN3O2. The molecule has 2 rings (SSSR count). The Hall–Kier alpha value is -1.37. The fraction of sp³-hybridized carbons (Fsp3) is 0.632. The summed E-state index contributed by atoms with van der Waals surface area (Å²) in [4.78, 5) is 4.24. The first-order valence-electron chi connectivity index (χ1n) is 9.02. The topological polar surface area (TPSA) is 54.9 Å². The van der Waals surface area contributed by atoms with E-state index in [0.29, 0.717) is 24.8 Å². The molecule has 0 radical (unpaired) electrons. The Morgan fingerprint density at radius 1 is 1.42 bits per heavy atom. The molecule has 2 N–H and O–H groups in total. The average Bonchev–Trinajstić information content (AvgIpc) is 3.10. The molecular weight excluding hydrogens is 357 g/mol. The highest BCUT2D eigenvalue weighted by Gasteiger charge is 2.24. The molecule has 0 aromatic heterocycles. The van der Waals surface area contributed by atoms with Crippen LogP contribution in [0.4, 0.5) is 4.39 Å². The van der Waals surface area contributed by atoms with Crippen molar-refractivity contribution < 1.29 is 13.9 Å². The maximum atomic E-state index is 13.3. The van der Waals surface area contributed by atoms with E-state index in [-0.39, 0.29) is 17.3 Å². The van der Waals surface area contributed by atoms with Crippen molar-refractivity contribution >= 4 is 17.6 Å². The summed E-state index contributed by atoms with van der Waals surface area (Å²) in [5.74, 6) is 0.395. The van der Waals surface area contributed by atoms with Gasteiger partial charge in [0, 0.05) is 43.8 Å². The van der Waals surface area contributed by atoms with E-state index in [2.05, 4.69) is 29.5 Å². The largest absolute Gasteiger partial charge is 0.379 e. The fourth-order valence-corrected chi connectivity index (χ4v) is 3.26. The molecule has 1 aromatic rings. The molecule has 0 saturated carbocycles. The Kier molecular flexibility index (Phi) is 8.13. The highest BCUT2D eigenvalue weighted by molar-refractivity contribution is 6.31. The van der Waals surface area contributed by atoms with Gasteiger partial charge in [-0.25, -0.2) is 4.39 Å². The molecule has 1 aliphatic rings. The van der Waals surface area contributed by atoms with Crippen LogP contribution in [0.25, 0.3) is 0 Å². The van der Waals surface area contributed by atoms with Crippen LogP contribution in [-0.4, -0.2) is 52.0 Å². The highest BCUT2D eigenvalue weighted by Crippen LogP contribution is 2.29. The second-order valence-corrected chi connectivity index (χ2v) is 7.48. The molecule has 1 aromatic carbocycles. The highest BCUT2D eigenvalue weighted by atomic mass is 35.5. The van der Waals surface area contributed by atoms with Gasteiger partial charge in [0.15, 0.2) is 5.96 Å². The fourth-order valence-electron chi connectivity index (χ4n) is 2.83. The van der Waals surface area contributed by atoms with Gasteiger partial charge in [0.05, 0.1) is 12.7 Å². The number of guanidine groups is 1. The molecule has 1 heterocycles. The summed E-state index contributed by atoms with van der Waals surface area (Å²) in [7, 11) is 1.74. The van der Waals surface area contributed by atoms with Gasteiger partial charge in [-0.3, -0.25) is 4.99 Å². The second-order valence-electron chi connectivity index (χ2n) is 7.07. The van der Waals surface area contributed by atoms with Crippen molar-refractivity contribution in [1.82, 2.24) is 10.6 Å². The molecule has 1 unspecified atom stereocenters. The first-order chi connectivity index (χ1) is 12.4. The van der Waals surface area contributed by atoms with Crippen molar-refractivity contribution in [1.29, 1.82) is 0 Å². The Balaban J connectivity index is 1.73. The van der Waals surface area contributed by atoms with Crippen LogP contribution in [0.1, 0.15) is 32.3 Å².